The monoisotopic (exact) mass is 324 g/mol. The van der Waals surface area contributed by atoms with E-state index >= 15 is 0 Å². The van der Waals surface area contributed by atoms with Crippen LogP contribution in [0.5, 0.6) is 0 Å². The molecule has 0 saturated carbocycles. The normalized spacial score (nSPS) is 29.0. The van der Waals surface area contributed by atoms with Gasteiger partial charge in [-0.3, -0.25) is 9.69 Å². The van der Waals surface area contributed by atoms with Gasteiger partial charge in [0.15, 0.2) is 0 Å². The third-order valence-electron chi connectivity index (χ3n) is 4.79. The zero-order valence-electron chi connectivity index (χ0n) is 13.6. The fourth-order valence-corrected chi connectivity index (χ4v) is 3.11. The second-order valence-corrected chi connectivity index (χ2v) is 6.42. The molecule has 2 atom stereocenters. The van der Waals surface area contributed by atoms with Crippen LogP contribution in [0.2, 0.25) is 0 Å². The molecule has 1 aromatic carbocycles. The van der Waals surface area contributed by atoms with Crippen LogP contribution in [0.4, 0.5) is 8.78 Å². The van der Waals surface area contributed by atoms with E-state index in [0.717, 1.165) is 6.07 Å². The van der Waals surface area contributed by atoms with Crippen LogP contribution in [0.25, 0.3) is 0 Å². The van der Waals surface area contributed by atoms with Crippen LogP contribution >= 0.6 is 0 Å². The van der Waals surface area contributed by atoms with Crippen LogP contribution in [-0.2, 0) is 10.3 Å². The Labute approximate surface area is 135 Å². The average molecular weight is 324 g/mol. The highest BCUT2D eigenvalue weighted by Gasteiger charge is 2.52. The molecule has 0 aliphatic carbocycles. The first-order chi connectivity index (χ1) is 10.7. The number of nitrogens with zero attached hydrogens (tertiary/aromatic N) is 2. The van der Waals surface area contributed by atoms with E-state index in [1.165, 1.54) is 17.0 Å². The Morgan fingerprint density at radius 1 is 1.30 bits per heavy atom. The van der Waals surface area contributed by atoms with Gasteiger partial charge in [-0.25, -0.2) is 8.78 Å². The Bertz CT molecular complexity index is 617. The lowest BCUT2D eigenvalue weighted by molar-refractivity contribution is -0.164. The van der Waals surface area contributed by atoms with Crippen molar-refractivity contribution in [1.82, 2.24) is 9.80 Å². The van der Waals surface area contributed by atoms with E-state index in [2.05, 4.69) is 6.58 Å². The summed E-state index contributed by atoms with van der Waals surface area (Å²) in [5.41, 5.74) is -1.64. The molecular formula is C17H22F2N2O2. The van der Waals surface area contributed by atoms with E-state index in [4.69, 9.17) is 0 Å². The number of hydrogen-bond donors (Lipinski definition) is 1. The first-order valence-corrected chi connectivity index (χ1v) is 7.40. The quantitative estimate of drug-likeness (QED) is 0.860. The van der Waals surface area contributed by atoms with E-state index in [-0.39, 0.29) is 19.1 Å². The average Bonchev–Trinajstić information content (AvgIpc) is 2.48. The minimum atomic E-state index is -1.08. The second kappa shape index (κ2) is 6.02. The number of aliphatic hydroxyl groups excluding tert-OH is 1. The predicted octanol–water partition coefficient (Wildman–Crippen LogP) is 1.89. The first kappa shape index (κ1) is 17.6. The molecule has 126 valence electrons. The van der Waals surface area contributed by atoms with E-state index in [1.807, 2.05) is 0 Å². The topological polar surface area (TPSA) is 43.8 Å². The van der Waals surface area contributed by atoms with Gasteiger partial charge in [0.05, 0.1) is 12.1 Å². The number of aliphatic hydroxyl groups is 1. The molecule has 0 aromatic heterocycles. The fraction of sp³-hybridized carbons (Fsp3) is 0.471. The summed E-state index contributed by atoms with van der Waals surface area (Å²) in [4.78, 5) is 16.2. The summed E-state index contributed by atoms with van der Waals surface area (Å²) in [5, 5.41) is 9.67. The summed E-state index contributed by atoms with van der Waals surface area (Å²) in [7, 11) is 1.72. The molecular weight excluding hydrogens is 302 g/mol. The molecule has 1 aliphatic rings. The van der Waals surface area contributed by atoms with Gasteiger partial charge in [-0.05, 0) is 38.6 Å². The molecule has 0 bridgehead atoms. The molecule has 1 aromatic rings. The number of hydrogen-bond acceptors (Lipinski definition) is 3. The number of carbonyl (C=O) groups is 1. The summed E-state index contributed by atoms with van der Waals surface area (Å²) in [5.74, 6) is -1.68. The standard InChI is InChI=1S/C17H22F2N2O2/c1-5-6-21-15(23)17(3,11-22)20(4)10-16(21,2)12-7-13(18)9-14(19)8-12/h5,7-9,22H,1,6,10-11H2,2-4H3/t16-,17+/m0/s1. The summed E-state index contributed by atoms with van der Waals surface area (Å²) in [6.45, 7) is 7.27. The Hall–Kier alpha value is -1.79. The molecule has 23 heavy (non-hydrogen) atoms. The fourth-order valence-electron chi connectivity index (χ4n) is 3.11. The predicted molar refractivity (Wildman–Crippen MR) is 83.7 cm³/mol. The number of piperazine rings is 1. The van der Waals surface area contributed by atoms with Crippen LogP contribution in [-0.4, -0.2) is 53.1 Å². The van der Waals surface area contributed by atoms with E-state index in [1.54, 1.807) is 31.9 Å². The number of carbonyl (C=O) groups excluding carboxylic acids is 1. The Kier molecular flexibility index (Phi) is 4.59. The van der Waals surface area contributed by atoms with Gasteiger partial charge in [0.25, 0.3) is 0 Å². The van der Waals surface area contributed by atoms with Gasteiger partial charge in [0.1, 0.15) is 17.2 Å². The molecule has 1 N–H and O–H groups in total. The van der Waals surface area contributed by atoms with Crippen LogP contribution in [0, 0.1) is 11.6 Å². The van der Waals surface area contributed by atoms with Gasteiger partial charge in [-0.15, -0.1) is 6.58 Å². The number of halogens is 2. The maximum absolute atomic E-state index is 13.7. The van der Waals surface area contributed by atoms with Crippen molar-refractivity contribution in [1.29, 1.82) is 0 Å². The molecule has 4 nitrogen and oxygen atoms in total. The number of rotatable bonds is 4. The Balaban J connectivity index is 2.58. The highest BCUT2D eigenvalue weighted by atomic mass is 19.1. The van der Waals surface area contributed by atoms with Gasteiger partial charge >= 0.3 is 0 Å². The molecule has 0 radical (unpaired) electrons. The van der Waals surface area contributed by atoms with Crippen LogP contribution < -0.4 is 0 Å². The molecule has 1 amide bonds. The van der Waals surface area contributed by atoms with Crippen molar-refractivity contribution in [3.05, 3.63) is 48.1 Å². The van der Waals surface area contributed by atoms with Crippen LogP contribution in [0.15, 0.2) is 30.9 Å². The lowest BCUT2D eigenvalue weighted by atomic mass is 9.81. The first-order valence-electron chi connectivity index (χ1n) is 7.40. The summed E-state index contributed by atoms with van der Waals surface area (Å²) in [6.07, 6.45) is 1.56. The highest BCUT2D eigenvalue weighted by molar-refractivity contribution is 5.88. The molecule has 2 rings (SSSR count). The van der Waals surface area contributed by atoms with E-state index < -0.39 is 22.7 Å². The van der Waals surface area contributed by atoms with Crippen molar-refractivity contribution >= 4 is 5.91 Å². The van der Waals surface area contributed by atoms with Gasteiger partial charge in [0.2, 0.25) is 5.91 Å². The van der Waals surface area contributed by atoms with Gasteiger partial charge in [-0.2, -0.15) is 0 Å². The zero-order chi connectivity index (χ0) is 17.4. The minimum Gasteiger partial charge on any atom is -0.394 e. The van der Waals surface area contributed by atoms with Crippen molar-refractivity contribution in [3.63, 3.8) is 0 Å². The largest absolute Gasteiger partial charge is 0.394 e. The van der Waals surface area contributed by atoms with Crippen molar-refractivity contribution in [3.8, 4) is 0 Å². The third-order valence-corrected chi connectivity index (χ3v) is 4.79. The molecule has 1 aliphatic heterocycles. The maximum Gasteiger partial charge on any atom is 0.246 e. The second-order valence-electron chi connectivity index (χ2n) is 6.42. The van der Waals surface area contributed by atoms with Gasteiger partial charge in [-0.1, -0.05) is 6.08 Å². The van der Waals surface area contributed by atoms with Crippen molar-refractivity contribution in [2.45, 2.75) is 24.9 Å². The molecule has 0 unspecified atom stereocenters. The minimum absolute atomic E-state index is 0.219. The molecule has 1 fully saturated rings. The molecule has 1 saturated heterocycles. The molecule has 0 spiro atoms. The van der Waals surface area contributed by atoms with Gasteiger partial charge in [0, 0.05) is 19.2 Å². The smallest absolute Gasteiger partial charge is 0.246 e. The Morgan fingerprint density at radius 2 is 1.87 bits per heavy atom. The molecule has 6 heteroatoms. The lowest BCUT2D eigenvalue weighted by Crippen LogP contribution is -2.71. The van der Waals surface area contributed by atoms with Crippen molar-refractivity contribution < 1.29 is 18.7 Å². The third kappa shape index (κ3) is 2.77. The summed E-state index contributed by atoms with van der Waals surface area (Å²) < 4.78 is 27.3. The van der Waals surface area contributed by atoms with E-state index in [0.29, 0.717) is 12.1 Å². The SMILES string of the molecule is C=CCN1C(=O)[C@@](C)(CO)N(C)C[C@@]1(C)c1cc(F)cc(F)c1. The number of likely N-dealkylation sites (N-methyl/N-ethyl adjacent to an activating group) is 1. The molecule has 1 heterocycles. The van der Waals surface area contributed by atoms with Gasteiger partial charge < -0.3 is 10.0 Å². The Morgan fingerprint density at radius 3 is 2.35 bits per heavy atom. The van der Waals surface area contributed by atoms with Crippen molar-refractivity contribution in [2.75, 3.05) is 26.7 Å². The lowest BCUT2D eigenvalue weighted by Gasteiger charge is -2.55. The van der Waals surface area contributed by atoms with Crippen molar-refractivity contribution in [2.24, 2.45) is 0 Å². The number of amides is 1. The van der Waals surface area contributed by atoms with Crippen LogP contribution in [0.3, 0.4) is 0 Å². The zero-order valence-corrected chi connectivity index (χ0v) is 13.6. The highest BCUT2D eigenvalue weighted by Crippen LogP contribution is 2.38. The van der Waals surface area contributed by atoms with E-state index in [9.17, 15) is 18.7 Å². The summed E-state index contributed by atoms with van der Waals surface area (Å²) in [6, 6.07) is 3.28. The number of benzene rings is 1. The summed E-state index contributed by atoms with van der Waals surface area (Å²) >= 11 is 0. The van der Waals surface area contributed by atoms with Crippen LogP contribution in [0.1, 0.15) is 19.4 Å². The maximum atomic E-state index is 13.7.